The second-order valence-corrected chi connectivity index (χ2v) is 18.7. The van der Waals surface area contributed by atoms with Gasteiger partial charge in [-0.15, -0.1) is 0 Å². The number of hydrogen-bond donors (Lipinski definition) is 0. The van der Waals surface area contributed by atoms with Crippen LogP contribution in [0.4, 0.5) is 17.1 Å². The van der Waals surface area contributed by atoms with Crippen molar-refractivity contribution >= 4 is 55.3 Å². The van der Waals surface area contributed by atoms with Gasteiger partial charge in [-0.05, 0) is 135 Å². The van der Waals surface area contributed by atoms with E-state index in [1.807, 2.05) is 18.2 Å². The molecule has 0 spiro atoms. The normalized spacial score (nSPS) is 14.4. The highest BCUT2D eigenvalue weighted by Gasteiger charge is 2.38. The van der Waals surface area contributed by atoms with Gasteiger partial charge in [0.2, 0.25) is 0 Å². The molecule has 0 saturated heterocycles. The molecule has 8 aromatic carbocycles. The maximum absolute atomic E-state index is 4.16. The molecule has 0 fully saturated rings. The van der Waals surface area contributed by atoms with Crippen LogP contribution in [0, 0.1) is 0 Å². The molecule has 0 atom stereocenters. The van der Waals surface area contributed by atoms with Crippen LogP contribution in [0.3, 0.4) is 0 Å². The van der Waals surface area contributed by atoms with Gasteiger partial charge in [0.05, 0.1) is 27.9 Å². The van der Waals surface area contributed by atoms with Crippen LogP contribution in [0.25, 0.3) is 71.9 Å². The minimum atomic E-state index is -0.325. The largest absolute Gasteiger partial charge is 0.316 e. The molecule has 0 saturated carbocycles. The third-order valence-corrected chi connectivity index (χ3v) is 14.5. The summed E-state index contributed by atoms with van der Waals surface area (Å²) in [7, 11) is 0. The van der Waals surface area contributed by atoms with E-state index in [2.05, 4.69) is 237 Å². The fourth-order valence-electron chi connectivity index (χ4n) is 11.1. The first kappa shape index (κ1) is 40.9. The Labute approximate surface area is 388 Å². The number of hydrogen-bond acceptors (Lipinski definition) is 1. The molecule has 0 bridgehead atoms. The fourth-order valence-corrected chi connectivity index (χ4v) is 11.1. The quantitative estimate of drug-likeness (QED) is 0.146. The predicted molar refractivity (Wildman–Crippen MR) is 283 cm³/mol. The number of para-hydroxylation sites is 2. The van der Waals surface area contributed by atoms with E-state index in [0.29, 0.717) is 0 Å². The topological polar surface area (TPSA) is 13.1 Å². The standard InChI is InChI=1S/C62H49N3.CH4/c1-7-17-40(8-2)44-27-32-57-52(37-44)62(5,6)53-38-45(28-33-58(53)64(57)47-29-24-42(25-30-47)41-18-11-9-12-19-41)43-26-31-55-49(36-43)50-39-54-60-48(59(50)65(55)46-20-13-10-14-21-46)34-35-63(60)56-23-16-15-22-51(56)61(54,3)4;/h7-39H,1-2H2,3-6H3;1H4/b40-17+;. The summed E-state index contributed by atoms with van der Waals surface area (Å²) in [5.74, 6) is 0. The molecule has 0 amide bonds. The molecule has 3 heteroatoms. The summed E-state index contributed by atoms with van der Waals surface area (Å²) in [6.45, 7) is 17.7. The van der Waals surface area contributed by atoms with E-state index in [9.17, 15) is 0 Å². The molecular weight excluding hydrogens is 799 g/mol. The average Bonchev–Trinajstić information content (AvgIpc) is 3.93. The van der Waals surface area contributed by atoms with Gasteiger partial charge < -0.3 is 14.0 Å². The second-order valence-electron chi connectivity index (χ2n) is 18.7. The molecule has 4 heterocycles. The molecule has 2 aliphatic heterocycles. The Morgan fingerprint density at radius 2 is 1.09 bits per heavy atom. The lowest BCUT2D eigenvalue weighted by atomic mass is 9.72. The van der Waals surface area contributed by atoms with E-state index < -0.39 is 0 Å². The van der Waals surface area contributed by atoms with Crippen molar-refractivity contribution in [1.29, 1.82) is 0 Å². The number of allylic oxidation sites excluding steroid dienone is 4. The predicted octanol–water partition coefficient (Wildman–Crippen LogP) is 17.2. The molecule has 0 unspecified atom stereocenters. The molecule has 320 valence electrons. The van der Waals surface area contributed by atoms with Gasteiger partial charge in [-0.2, -0.15) is 0 Å². The van der Waals surface area contributed by atoms with Gasteiger partial charge in [-0.25, -0.2) is 0 Å². The minimum absolute atomic E-state index is 0. The highest BCUT2D eigenvalue weighted by atomic mass is 15.2. The van der Waals surface area contributed by atoms with Crippen LogP contribution >= 0.6 is 0 Å². The maximum Gasteiger partial charge on any atom is 0.0635 e. The van der Waals surface area contributed by atoms with E-state index in [1.54, 1.807) is 0 Å². The number of aromatic nitrogens is 2. The summed E-state index contributed by atoms with van der Waals surface area (Å²) >= 11 is 0. The molecule has 0 radical (unpaired) electrons. The molecule has 12 rings (SSSR count). The average molecular weight is 852 g/mol. The Hall–Kier alpha value is -7.88. The molecule has 66 heavy (non-hydrogen) atoms. The zero-order valence-electron chi connectivity index (χ0n) is 37.3. The van der Waals surface area contributed by atoms with Crippen molar-refractivity contribution in [2.75, 3.05) is 4.90 Å². The Morgan fingerprint density at radius 3 is 1.83 bits per heavy atom. The Kier molecular flexibility index (Phi) is 9.35. The lowest BCUT2D eigenvalue weighted by Gasteiger charge is -2.42. The SMILES string of the molecule is C.C=C/C=C(\C=C)c1ccc2c(c1)C(C)(C)c1cc(-c3ccc4c(c3)c3cc5c6c(ccn6-c6ccccc6C5(C)C)c3n4-c3ccccc3)ccc1N2c1ccc(-c2ccccc2)cc1. The van der Waals surface area contributed by atoms with Crippen LogP contribution < -0.4 is 4.90 Å². The Bertz CT molecular complexity index is 3610. The van der Waals surface area contributed by atoms with Gasteiger partial charge in [0.25, 0.3) is 0 Å². The van der Waals surface area contributed by atoms with Gasteiger partial charge in [0, 0.05) is 50.2 Å². The first-order valence-electron chi connectivity index (χ1n) is 22.7. The van der Waals surface area contributed by atoms with Gasteiger partial charge >= 0.3 is 0 Å². The highest BCUT2D eigenvalue weighted by Crippen LogP contribution is 2.54. The fraction of sp³-hybridized carbons (Fsp3) is 0.111. The van der Waals surface area contributed by atoms with Crippen molar-refractivity contribution in [3.05, 3.63) is 241 Å². The van der Waals surface area contributed by atoms with Crippen LogP contribution in [0.1, 0.15) is 62.9 Å². The number of nitrogens with zero attached hydrogens (tertiary/aromatic N) is 3. The summed E-state index contributed by atoms with van der Waals surface area (Å²) in [4.78, 5) is 2.45. The molecule has 10 aromatic rings. The van der Waals surface area contributed by atoms with Gasteiger partial charge in [-0.1, -0.05) is 164 Å². The Morgan fingerprint density at radius 1 is 0.470 bits per heavy atom. The first-order valence-corrected chi connectivity index (χ1v) is 22.7. The first-order chi connectivity index (χ1) is 31.7. The van der Waals surface area contributed by atoms with Crippen LogP contribution in [0.5, 0.6) is 0 Å². The van der Waals surface area contributed by atoms with Crippen LogP contribution in [-0.2, 0) is 10.8 Å². The molecule has 2 aromatic heterocycles. The summed E-state index contributed by atoms with van der Waals surface area (Å²) in [6.07, 6.45) is 8.07. The van der Waals surface area contributed by atoms with Crippen LogP contribution in [0.15, 0.2) is 214 Å². The van der Waals surface area contributed by atoms with Crippen LogP contribution in [0.2, 0.25) is 0 Å². The number of benzene rings is 8. The van der Waals surface area contributed by atoms with E-state index >= 15 is 0 Å². The second kappa shape index (κ2) is 15.1. The maximum atomic E-state index is 4.16. The molecule has 0 aliphatic carbocycles. The van der Waals surface area contributed by atoms with Crippen molar-refractivity contribution in [3.8, 4) is 33.6 Å². The lowest BCUT2D eigenvalue weighted by molar-refractivity contribution is 0.629. The van der Waals surface area contributed by atoms with Gasteiger partial charge in [0.1, 0.15) is 0 Å². The minimum Gasteiger partial charge on any atom is -0.316 e. The molecule has 3 nitrogen and oxygen atoms in total. The lowest BCUT2D eigenvalue weighted by Crippen LogP contribution is -2.30. The van der Waals surface area contributed by atoms with E-state index in [4.69, 9.17) is 0 Å². The molecule has 2 aliphatic rings. The zero-order valence-corrected chi connectivity index (χ0v) is 37.3. The zero-order chi connectivity index (χ0) is 44.2. The van der Waals surface area contributed by atoms with E-state index in [1.165, 1.54) is 94.3 Å². The summed E-state index contributed by atoms with van der Waals surface area (Å²) < 4.78 is 4.89. The summed E-state index contributed by atoms with van der Waals surface area (Å²) in [5.41, 5.74) is 21.4. The van der Waals surface area contributed by atoms with Crippen molar-refractivity contribution in [3.63, 3.8) is 0 Å². The summed E-state index contributed by atoms with van der Waals surface area (Å²) in [5, 5.41) is 3.79. The summed E-state index contributed by atoms with van der Waals surface area (Å²) in [6, 6.07) is 65.3. The third-order valence-electron chi connectivity index (χ3n) is 14.5. The number of rotatable bonds is 7. The molecular formula is C63H53N3. The van der Waals surface area contributed by atoms with Crippen molar-refractivity contribution in [2.24, 2.45) is 0 Å². The van der Waals surface area contributed by atoms with Crippen molar-refractivity contribution < 1.29 is 0 Å². The number of fused-ring (bicyclic) bond motifs is 8. The smallest absolute Gasteiger partial charge is 0.0635 e. The van der Waals surface area contributed by atoms with E-state index in [0.717, 1.165) is 22.5 Å². The van der Waals surface area contributed by atoms with Crippen LogP contribution in [-0.4, -0.2) is 9.13 Å². The number of anilines is 3. The monoisotopic (exact) mass is 851 g/mol. The van der Waals surface area contributed by atoms with Crippen molar-refractivity contribution in [2.45, 2.75) is 46.0 Å². The van der Waals surface area contributed by atoms with E-state index in [-0.39, 0.29) is 18.3 Å². The molecule has 0 N–H and O–H groups in total. The highest BCUT2D eigenvalue weighted by molar-refractivity contribution is 6.20. The van der Waals surface area contributed by atoms with Gasteiger partial charge in [0.15, 0.2) is 0 Å². The van der Waals surface area contributed by atoms with Gasteiger partial charge in [-0.3, -0.25) is 0 Å². The van der Waals surface area contributed by atoms with Crippen molar-refractivity contribution in [1.82, 2.24) is 9.13 Å². The third kappa shape index (κ3) is 5.89. The Balaban J connectivity index is 0.00000481.